The van der Waals surface area contributed by atoms with E-state index in [0.29, 0.717) is 25.5 Å². The van der Waals surface area contributed by atoms with Crippen LogP contribution in [-0.2, 0) is 11.2 Å². The van der Waals surface area contributed by atoms with Crippen molar-refractivity contribution >= 4 is 5.91 Å². The first-order valence-corrected chi connectivity index (χ1v) is 8.83. The standard InChI is InChI=1S/C21H27NO2/c1-2-10-19-13-6-7-14-20(19)24-16-9-8-15-22-21(23)17-18-11-4-3-5-12-18/h2,6-7,13-14,18H,1,3-5,10-12,15-17H2,(H,22,23). The van der Waals surface area contributed by atoms with Gasteiger partial charge < -0.3 is 10.1 Å². The molecule has 3 nitrogen and oxygen atoms in total. The second-order valence-corrected chi connectivity index (χ2v) is 6.23. The molecule has 1 aliphatic carbocycles. The zero-order valence-electron chi connectivity index (χ0n) is 14.4. The number of allylic oxidation sites excluding steroid dienone is 1. The van der Waals surface area contributed by atoms with Crippen molar-refractivity contribution in [2.75, 3.05) is 13.2 Å². The molecule has 0 aromatic heterocycles. The van der Waals surface area contributed by atoms with Crippen molar-refractivity contribution < 1.29 is 9.53 Å². The predicted octanol–water partition coefficient (Wildman–Crippen LogP) is 3.88. The van der Waals surface area contributed by atoms with E-state index in [1.54, 1.807) is 0 Å². The van der Waals surface area contributed by atoms with E-state index in [1.165, 1.54) is 32.1 Å². The molecule has 128 valence electrons. The van der Waals surface area contributed by atoms with Gasteiger partial charge in [-0.25, -0.2) is 0 Å². The second kappa shape index (κ2) is 10.5. The van der Waals surface area contributed by atoms with Gasteiger partial charge in [0.05, 0.1) is 6.54 Å². The van der Waals surface area contributed by atoms with Gasteiger partial charge >= 0.3 is 0 Å². The Balaban J connectivity index is 1.65. The summed E-state index contributed by atoms with van der Waals surface area (Å²) in [5, 5.41) is 2.88. The van der Waals surface area contributed by atoms with Crippen LogP contribution in [0.25, 0.3) is 0 Å². The van der Waals surface area contributed by atoms with E-state index in [1.807, 2.05) is 30.3 Å². The van der Waals surface area contributed by atoms with Crippen molar-refractivity contribution in [3.63, 3.8) is 0 Å². The monoisotopic (exact) mass is 325 g/mol. The molecule has 1 saturated carbocycles. The molecule has 0 unspecified atom stereocenters. The average Bonchev–Trinajstić information content (AvgIpc) is 2.60. The number of hydrogen-bond donors (Lipinski definition) is 1. The summed E-state index contributed by atoms with van der Waals surface area (Å²) in [6, 6.07) is 7.89. The van der Waals surface area contributed by atoms with Gasteiger partial charge in [-0.15, -0.1) is 6.58 Å². The number of amides is 1. The average molecular weight is 325 g/mol. The summed E-state index contributed by atoms with van der Waals surface area (Å²) in [5.41, 5.74) is 1.11. The molecule has 0 spiro atoms. The molecule has 3 heteroatoms. The van der Waals surface area contributed by atoms with Crippen LogP contribution in [0.1, 0.15) is 44.1 Å². The highest BCUT2D eigenvalue weighted by molar-refractivity contribution is 5.76. The maximum Gasteiger partial charge on any atom is 0.221 e. The normalized spacial score (nSPS) is 14.3. The minimum atomic E-state index is 0.119. The molecule has 0 radical (unpaired) electrons. The lowest BCUT2D eigenvalue weighted by molar-refractivity contribution is -0.122. The van der Waals surface area contributed by atoms with E-state index in [0.717, 1.165) is 17.7 Å². The summed E-state index contributed by atoms with van der Waals surface area (Å²) in [6.45, 7) is 4.47. The lowest BCUT2D eigenvalue weighted by Crippen LogP contribution is -2.26. The molecule has 0 aliphatic heterocycles. The molecule has 1 amide bonds. The van der Waals surface area contributed by atoms with Gasteiger partial charge in [-0.2, -0.15) is 0 Å². The number of carbonyl (C=O) groups is 1. The summed E-state index contributed by atoms with van der Waals surface area (Å²) in [5.74, 6) is 7.42. The Morgan fingerprint density at radius 1 is 1.25 bits per heavy atom. The number of carbonyl (C=O) groups excluding carboxylic acids is 1. The molecule has 1 aromatic carbocycles. The van der Waals surface area contributed by atoms with Crippen molar-refractivity contribution in [3.8, 4) is 17.6 Å². The van der Waals surface area contributed by atoms with Crippen molar-refractivity contribution in [1.29, 1.82) is 0 Å². The molecule has 0 saturated heterocycles. The van der Waals surface area contributed by atoms with Crippen LogP contribution >= 0.6 is 0 Å². The molecule has 24 heavy (non-hydrogen) atoms. The van der Waals surface area contributed by atoms with Gasteiger partial charge in [-0.3, -0.25) is 4.79 Å². The Labute approximate surface area is 145 Å². The highest BCUT2D eigenvalue weighted by Crippen LogP contribution is 2.25. The van der Waals surface area contributed by atoms with Crippen LogP contribution in [0, 0.1) is 17.8 Å². The Bertz CT molecular complexity index is 591. The minimum Gasteiger partial charge on any atom is -0.481 e. The third-order valence-electron chi connectivity index (χ3n) is 4.33. The summed E-state index contributed by atoms with van der Waals surface area (Å²) in [7, 11) is 0. The van der Waals surface area contributed by atoms with Crippen molar-refractivity contribution in [3.05, 3.63) is 42.5 Å². The Morgan fingerprint density at radius 2 is 2.04 bits per heavy atom. The fourth-order valence-electron chi connectivity index (χ4n) is 3.06. The molecule has 1 aromatic rings. The van der Waals surface area contributed by atoms with Gasteiger partial charge in [-0.1, -0.05) is 55.4 Å². The number of para-hydroxylation sites is 1. The second-order valence-electron chi connectivity index (χ2n) is 6.23. The smallest absolute Gasteiger partial charge is 0.221 e. The van der Waals surface area contributed by atoms with Crippen LogP contribution in [0.5, 0.6) is 5.75 Å². The Kier molecular flexibility index (Phi) is 7.97. The van der Waals surface area contributed by atoms with E-state index in [-0.39, 0.29) is 5.91 Å². The quantitative estimate of drug-likeness (QED) is 0.610. The molecule has 1 N–H and O–H groups in total. The largest absolute Gasteiger partial charge is 0.481 e. The molecule has 0 bridgehead atoms. The summed E-state index contributed by atoms with van der Waals surface area (Å²) >= 11 is 0. The van der Waals surface area contributed by atoms with Crippen molar-refractivity contribution in [2.45, 2.75) is 44.9 Å². The van der Waals surface area contributed by atoms with Crippen molar-refractivity contribution in [1.82, 2.24) is 5.32 Å². The maximum absolute atomic E-state index is 11.9. The van der Waals surface area contributed by atoms with Gasteiger partial charge in [-0.05, 0) is 36.8 Å². The van der Waals surface area contributed by atoms with E-state index in [4.69, 9.17) is 4.74 Å². The SMILES string of the molecule is C=CCc1ccccc1OCC#CCNC(=O)CC1CCCCC1. The molecule has 0 heterocycles. The molecule has 1 aliphatic rings. The van der Waals surface area contributed by atoms with Gasteiger partial charge in [0.25, 0.3) is 0 Å². The van der Waals surface area contributed by atoms with Gasteiger partial charge in [0.15, 0.2) is 0 Å². The lowest BCUT2D eigenvalue weighted by atomic mass is 9.87. The molecule has 0 atom stereocenters. The topological polar surface area (TPSA) is 38.3 Å². The zero-order valence-corrected chi connectivity index (χ0v) is 14.4. The number of ether oxygens (including phenoxy) is 1. The van der Waals surface area contributed by atoms with Crippen LogP contribution in [0.15, 0.2) is 36.9 Å². The Hall–Kier alpha value is -2.21. The first-order valence-electron chi connectivity index (χ1n) is 8.83. The molecule has 1 fully saturated rings. The van der Waals surface area contributed by atoms with Crippen LogP contribution in [0.2, 0.25) is 0 Å². The lowest BCUT2D eigenvalue weighted by Gasteiger charge is -2.20. The number of benzene rings is 1. The summed E-state index contributed by atoms with van der Waals surface area (Å²) in [4.78, 5) is 11.9. The highest BCUT2D eigenvalue weighted by atomic mass is 16.5. The number of hydrogen-bond acceptors (Lipinski definition) is 2. The molecule has 2 rings (SSSR count). The number of nitrogens with one attached hydrogen (secondary N) is 1. The third kappa shape index (κ3) is 6.50. The third-order valence-corrected chi connectivity index (χ3v) is 4.33. The van der Waals surface area contributed by atoms with Crippen LogP contribution in [0.4, 0.5) is 0 Å². The molecular weight excluding hydrogens is 298 g/mol. The molecular formula is C21H27NO2. The van der Waals surface area contributed by atoms with Crippen LogP contribution in [0.3, 0.4) is 0 Å². The Morgan fingerprint density at radius 3 is 2.83 bits per heavy atom. The van der Waals surface area contributed by atoms with E-state index in [9.17, 15) is 4.79 Å². The van der Waals surface area contributed by atoms with E-state index < -0.39 is 0 Å². The zero-order chi connectivity index (χ0) is 17.0. The van der Waals surface area contributed by atoms with Crippen LogP contribution < -0.4 is 10.1 Å². The minimum absolute atomic E-state index is 0.119. The maximum atomic E-state index is 11.9. The van der Waals surface area contributed by atoms with Gasteiger partial charge in [0.2, 0.25) is 5.91 Å². The van der Waals surface area contributed by atoms with Crippen molar-refractivity contribution in [2.24, 2.45) is 5.92 Å². The summed E-state index contributed by atoms with van der Waals surface area (Å²) in [6.07, 6.45) is 9.52. The van der Waals surface area contributed by atoms with Crippen LogP contribution in [-0.4, -0.2) is 19.1 Å². The fourth-order valence-corrected chi connectivity index (χ4v) is 3.06. The fraction of sp³-hybridized carbons (Fsp3) is 0.476. The number of rotatable bonds is 7. The highest BCUT2D eigenvalue weighted by Gasteiger charge is 2.16. The van der Waals surface area contributed by atoms with Gasteiger partial charge in [0, 0.05) is 6.42 Å². The summed E-state index contributed by atoms with van der Waals surface area (Å²) < 4.78 is 5.68. The predicted molar refractivity (Wildman–Crippen MR) is 97.8 cm³/mol. The van der Waals surface area contributed by atoms with E-state index >= 15 is 0 Å². The first-order chi connectivity index (χ1) is 11.8. The van der Waals surface area contributed by atoms with Gasteiger partial charge in [0.1, 0.15) is 12.4 Å². The first kappa shape index (κ1) is 18.1. The van der Waals surface area contributed by atoms with E-state index in [2.05, 4.69) is 23.7 Å².